The third-order valence-electron chi connectivity index (χ3n) is 5.52. The SMILES string of the molecule is CN1C2CCC1CC(NCC1CCCCC1)C2. The van der Waals surface area contributed by atoms with Crippen molar-refractivity contribution in [3.8, 4) is 0 Å². The van der Waals surface area contributed by atoms with Crippen LogP contribution >= 0.6 is 0 Å². The fraction of sp³-hybridized carbons (Fsp3) is 1.00. The van der Waals surface area contributed by atoms with Gasteiger partial charge >= 0.3 is 0 Å². The molecule has 3 rings (SSSR count). The van der Waals surface area contributed by atoms with Gasteiger partial charge in [0.05, 0.1) is 0 Å². The van der Waals surface area contributed by atoms with E-state index in [1.165, 1.54) is 64.3 Å². The quantitative estimate of drug-likeness (QED) is 0.810. The number of nitrogens with one attached hydrogen (secondary N) is 1. The van der Waals surface area contributed by atoms with E-state index in [0.717, 1.165) is 24.0 Å². The van der Waals surface area contributed by atoms with Crippen molar-refractivity contribution < 1.29 is 0 Å². The van der Waals surface area contributed by atoms with Gasteiger partial charge in [-0.15, -0.1) is 0 Å². The molecule has 2 heteroatoms. The molecule has 2 atom stereocenters. The average molecular weight is 236 g/mol. The first-order valence-electron chi connectivity index (χ1n) is 7.78. The van der Waals surface area contributed by atoms with Crippen molar-refractivity contribution in [2.24, 2.45) is 5.92 Å². The van der Waals surface area contributed by atoms with E-state index >= 15 is 0 Å². The molecule has 1 saturated carbocycles. The summed E-state index contributed by atoms with van der Waals surface area (Å²) in [6, 6.07) is 2.60. The molecule has 0 amide bonds. The zero-order chi connectivity index (χ0) is 11.7. The van der Waals surface area contributed by atoms with Crippen molar-refractivity contribution >= 4 is 0 Å². The molecule has 2 unspecified atom stereocenters. The van der Waals surface area contributed by atoms with E-state index in [0.29, 0.717) is 0 Å². The van der Waals surface area contributed by atoms with Gasteiger partial charge in [-0.25, -0.2) is 0 Å². The summed E-state index contributed by atoms with van der Waals surface area (Å²) in [5.74, 6) is 0.987. The van der Waals surface area contributed by atoms with E-state index in [4.69, 9.17) is 0 Å². The van der Waals surface area contributed by atoms with Crippen LogP contribution in [0.4, 0.5) is 0 Å². The van der Waals surface area contributed by atoms with Gasteiger partial charge in [-0.05, 0) is 58.0 Å². The summed E-state index contributed by atoms with van der Waals surface area (Å²) in [4.78, 5) is 2.64. The number of nitrogens with zero attached hydrogens (tertiary/aromatic N) is 1. The lowest BCUT2D eigenvalue weighted by molar-refractivity contribution is 0.145. The van der Waals surface area contributed by atoms with Crippen LogP contribution in [-0.4, -0.2) is 36.6 Å². The number of rotatable bonds is 3. The molecule has 17 heavy (non-hydrogen) atoms. The summed E-state index contributed by atoms with van der Waals surface area (Å²) in [6.45, 7) is 1.30. The lowest BCUT2D eigenvalue weighted by atomic mass is 9.88. The maximum Gasteiger partial charge on any atom is 0.0111 e. The van der Waals surface area contributed by atoms with Crippen LogP contribution < -0.4 is 5.32 Å². The second-order valence-corrected chi connectivity index (χ2v) is 6.63. The molecule has 3 aliphatic rings. The number of hydrogen-bond acceptors (Lipinski definition) is 2. The molecule has 2 saturated heterocycles. The van der Waals surface area contributed by atoms with Crippen molar-refractivity contribution in [1.29, 1.82) is 0 Å². The first-order chi connectivity index (χ1) is 8.33. The molecule has 2 aliphatic heterocycles. The summed E-state index contributed by atoms with van der Waals surface area (Å²) >= 11 is 0. The van der Waals surface area contributed by atoms with E-state index in [1.54, 1.807) is 0 Å². The smallest absolute Gasteiger partial charge is 0.0111 e. The molecule has 0 aromatic heterocycles. The van der Waals surface area contributed by atoms with Crippen LogP contribution in [0.1, 0.15) is 57.8 Å². The van der Waals surface area contributed by atoms with E-state index in [-0.39, 0.29) is 0 Å². The van der Waals surface area contributed by atoms with Crippen LogP contribution in [0.3, 0.4) is 0 Å². The second-order valence-electron chi connectivity index (χ2n) is 6.63. The molecule has 2 heterocycles. The van der Waals surface area contributed by atoms with Crippen LogP contribution in [0.15, 0.2) is 0 Å². The van der Waals surface area contributed by atoms with Crippen LogP contribution in [0, 0.1) is 5.92 Å². The summed E-state index contributed by atoms with van der Waals surface area (Å²) in [7, 11) is 2.33. The van der Waals surface area contributed by atoms with Crippen LogP contribution in [-0.2, 0) is 0 Å². The average Bonchev–Trinajstić information content (AvgIpc) is 2.61. The number of fused-ring (bicyclic) bond motifs is 2. The van der Waals surface area contributed by atoms with E-state index in [2.05, 4.69) is 17.3 Å². The van der Waals surface area contributed by atoms with Gasteiger partial charge in [-0.3, -0.25) is 0 Å². The Morgan fingerprint density at radius 1 is 0.941 bits per heavy atom. The molecule has 2 bridgehead atoms. The monoisotopic (exact) mass is 236 g/mol. The maximum absolute atomic E-state index is 3.89. The Hall–Kier alpha value is -0.0800. The lowest BCUT2D eigenvalue weighted by Gasteiger charge is -2.37. The van der Waals surface area contributed by atoms with Crippen molar-refractivity contribution in [2.45, 2.75) is 75.9 Å². The second kappa shape index (κ2) is 5.27. The predicted molar refractivity (Wildman–Crippen MR) is 72.2 cm³/mol. The largest absolute Gasteiger partial charge is 0.314 e. The van der Waals surface area contributed by atoms with Crippen LogP contribution in [0.5, 0.6) is 0 Å². The standard InChI is InChI=1S/C15H28N2/c1-17-14-7-8-15(17)10-13(9-14)16-11-12-5-3-2-4-6-12/h12-16H,2-11H2,1H3. The zero-order valence-corrected chi connectivity index (χ0v) is 11.3. The molecular formula is C15H28N2. The Morgan fingerprint density at radius 2 is 1.59 bits per heavy atom. The van der Waals surface area contributed by atoms with Gasteiger partial charge in [0.15, 0.2) is 0 Å². The molecule has 3 fully saturated rings. The third-order valence-corrected chi connectivity index (χ3v) is 5.52. The molecule has 1 N–H and O–H groups in total. The zero-order valence-electron chi connectivity index (χ0n) is 11.3. The minimum Gasteiger partial charge on any atom is -0.314 e. The van der Waals surface area contributed by atoms with Crippen LogP contribution in [0.25, 0.3) is 0 Å². The Kier molecular flexibility index (Phi) is 3.72. The fourth-order valence-corrected chi connectivity index (χ4v) is 4.30. The van der Waals surface area contributed by atoms with E-state index < -0.39 is 0 Å². The molecule has 0 radical (unpaired) electrons. The molecule has 0 aromatic carbocycles. The number of piperidine rings is 1. The number of hydrogen-bond donors (Lipinski definition) is 1. The van der Waals surface area contributed by atoms with Crippen molar-refractivity contribution in [2.75, 3.05) is 13.6 Å². The van der Waals surface area contributed by atoms with Crippen molar-refractivity contribution in [1.82, 2.24) is 10.2 Å². The normalized spacial score (nSPS) is 39.7. The highest BCUT2D eigenvalue weighted by Crippen LogP contribution is 2.34. The highest BCUT2D eigenvalue weighted by Gasteiger charge is 2.38. The summed E-state index contributed by atoms with van der Waals surface area (Å²) in [5, 5.41) is 3.89. The predicted octanol–water partition coefficient (Wildman–Crippen LogP) is 2.78. The van der Waals surface area contributed by atoms with Crippen molar-refractivity contribution in [3.05, 3.63) is 0 Å². The van der Waals surface area contributed by atoms with Gasteiger partial charge in [-0.1, -0.05) is 19.3 Å². The Bertz CT molecular complexity index is 233. The molecule has 0 spiro atoms. The van der Waals surface area contributed by atoms with Gasteiger partial charge in [0, 0.05) is 18.1 Å². The summed E-state index contributed by atoms with van der Waals surface area (Å²) < 4.78 is 0. The summed E-state index contributed by atoms with van der Waals surface area (Å²) in [5.41, 5.74) is 0. The van der Waals surface area contributed by atoms with Gasteiger partial charge in [0.2, 0.25) is 0 Å². The first-order valence-corrected chi connectivity index (χ1v) is 7.78. The Morgan fingerprint density at radius 3 is 2.24 bits per heavy atom. The van der Waals surface area contributed by atoms with Crippen LogP contribution in [0.2, 0.25) is 0 Å². The van der Waals surface area contributed by atoms with Crippen molar-refractivity contribution in [3.63, 3.8) is 0 Å². The Labute approximate surface area is 106 Å². The molecule has 1 aliphatic carbocycles. The minimum absolute atomic E-state index is 0.825. The highest BCUT2D eigenvalue weighted by molar-refractivity contribution is 4.96. The van der Waals surface area contributed by atoms with Gasteiger partial charge in [0.1, 0.15) is 0 Å². The highest BCUT2D eigenvalue weighted by atomic mass is 15.2. The molecule has 2 nitrogen and oxygen atoms in total. The first kappa shape index (κ1) is 12.0. The molecule has 98 valence electrons. The Balaban J connectivity index is 1.44. The van der Waals surface area contributed by atoms with Gasteiger partial charge < -0.3 is 10.2 Å². The minimum atomic E-state index is 0.825. The maximum atomic E-state index is 3.89. The van der Waals surface area contributed by atoms with E-state index in [9.17, 15) is 0 Å². The topological polar surface area (TPSA) is 15.3 Å². The summed E-state index contributed by atoms with van der Waals surface area (Å²) in [6.07, 6.45) is 13.1. The molecular weight excluding hydrogens is 208 g/mol. The van der Waals surface area contributed by atoms with E-state index in [1.807, 2.05) is 0 Å². The van der Waals surface area contributed by atoms with Gasteiger partial charge in [-0.2, -0.15) is 0 Å². The third kappa shape index (κ3) is 2.68. The fourth-order valence-electron chi connectivity index (χ4n) is 4.30. The lowest BCUT2D eigenvalue weighted by Crippen LogP contribution is -2.48. The molecule has 0 aromatic rings. The van der Waals surface area contributed by atoms with Gasteiger partial charge in [0.25, 0.3) is 0 Å².